The first kappa shape index (κ1) is 19.3. The van der Waals surface area contributed by atoms with E-state index in [4.69, 9.17) is 5.73 Å². The normalized spacial score (nSPS) is 12.8. The Balaban J connectivity index is 2.92. The van der Waals surface area contributed by atoms with E-state index < -0.39 is 35.6 Å². The highest BCUT2D eigenvalue weighted by molar-refractivity contribution is 5.91. The second-order valence-corrected chi connectivity index (χ2v) is 5.67. The summed E-state index contributed by atoms with van der Waals surface area (Å²) in [5.74, 6) is -2.24. The van der Waals surface area contributed by atoms with Crippen LogP contribution in [0.5, 0.6) is 0 Å². The number of carbonyl (C=O) groups excluding carboxylic acids is 3. The average molecular weight is 335 g/mol. The molecule has 0 aromatic heterocycles. The van der Waals surface area contributed by atoms with Crippen LogP contribution in [0.25, 0.3) is 0 Å². The molecule has 4 N–H and O–H groups in total. The van der Waals surface area contributed by atoms with E-state index in [0.29, 0.717) is 5.57 Å². The van der Waals surface area contributed by atoms with Gasteiger partial charge in [-0.05, 0) is 25.0 Å². The van der Waals surface area contributed by atoms with Gasteiger partial charge in [0.15, 0.2) is 0 Å². The molecule has 7 heteroatoms. The first-order valence-corrected chi connectivity index (χ1v) is 7.45. The third-order valence-electron chi connectivity index (χ3n) is 3.29. The molecule has 0 radical (unpaired) electrons. The SMILES string of the molecule is C=C(C)C[C@H](NC(=O)[C@H](Cc1ccccc1F)NC(C)=O)C(N)=O. The number of amides is 3. The molecule has 6 nitrogen and oxygen atoms in total. The largest absolute Gasteiger partial charge is 0.368 e. The van der Waals surface area contributed by atoms with Gasteiger partial charge in [-0.3, -0.25) is 14.4 Å². The minimum atomic E-state index is -1.02. The molecule has 0 aliphatic rings. The van der Waals surface area contributed by atoms with Crippen molar-refractivity contribution in [3.8, 4) is 0 Å². The molecule has 1 aromatic carbocycles. The predicted octanol–water partition coefficient (Wildman–Crippen LogP) is 0.809. The standard InChI is InChI=1S/C17H22FN3O3/c1-10(2)8-14(16(19)23)21-17(24)15(20-11(3)22)9-12-6-4-5-7-13(12)18/h4-7,14-15H,1,8-9H2,2-3H3,(H2,19,23)(H,20,22)(H,21,24)/t14-,15-/m0/s1. The van der Waals surface area contributed by atoms with Crippen LogP contribution < -0.4 is 16.4 Å². The van der Waals surface area contributed by atoms with Crippen LogP contribution in [0.2, 0.25) is 0 Å². The molecule has 0 aliphatic heterocycles. The Morgan fingerprint density at radius 2 is 1.79 bits per heavy atom. The van der Waals surface area contributed by atoms with E-state index in [0.717, 1.165) is 0 Å². The molecule has 0 spiro atoms. The number of primary amides is 1. The van der Waals surface area contributed by atoms with Gasteiger partial charge < -0.3 is 16.4 Å². The zero-order chi connectivity index (χ0) is 18.3. The summed E-state index contributed by atoms with van der Waals surface area (Å²) in [7, 11) is 0. The Hall–Kier alpha value is -2.70. The van der Waals surface area contributed by atoms with Crippen LogP contribution in [0, 0.1) is 5.82 Å². The third kappa shape index (κ3) is 6.20. The molecule has 1 aromatic rings. The van der Waals surface area contributed by atoms with Gasteiger partial charge in [0.1, 0.15) is 17.9 Å². The fourth-order valence-electron chi connectivity index (χ4n) is 2.18. The van der Waals surface area contributed by atoms with Crippen molar-refractivity contribution < 1.29 is 18.8 Å². The number of halogens is 1. The Labute approximate surface area is 140 Å². The van der Waals surface area contributed by atoms with Gasteiger partial charge >= 0.3 is 0 Å². The second kappa shape index (κ2) is 8.81. The molecular weight excluding hydrogens is 313 g/mol. The maximum atomic E-state index is 13.8. The number of benzene rings is 1. The van der Waals surface area contributed by atoms with Crippen molar-refractivity contribution in [3.63, 3.8) is 0 Å². The lowest BCUT2D eigenvalue weighted by molar-refractivity contribution is -0.130. The lowest BCUT2D eigenvalue weighted by Gasteiger charge is -2.22. The maximum absolute atomic E-state index is 13.8. The summed E-state index contributed by atoms with van der Waals surface area (Å²) in [6.45, 7) is 6.63. The van der Waals surface area contributed by atoms with Gasteiger partial charge in [0.2, 0.25) is 17.7 Å². The summed E-state index contributed by atoms with van der Waals surface area (Å²) >= 11 is 0. The second-order valence-electron chi connectivity index (χ2n) is 5.67. The summed E-state index contributed by atoms with van der Waals surface area (Å²) in [5, 5.41) is 4.94. The molecule has 0 heterocycles. The number of rotatable bonds is 8. The molecule has 0 saturated heterocycles. The minimum absolute atomic E-state index is 0.0450. The van der Waals surface area contributed by atoms with Gasteiger partial charge in [-0.1, -0.05) is 23.8 Å². The molecular formula is C17H22FN3O3. The van der Waals surface area contributed by atoms with Crippen molar-refractivity contribution >= 4 is 17.7 Å². The van der Waals surface area contributed by atoms with Crippen LogP contribution in [-0.4, -0.2) is 29.8 Å². The smallest absolute Gasteiger partial charge is 0.243 e. The monoisotopic (exact) mass is 335 g/mol. The molecule has 1 rings (SSSR count). The molecule has 0 bridgehead atoms. The van der Waals surface area contributed by atoms with E-state index in [9.17, 15) is 18.8 Å². The Bertz CT molecular complexity index is 646. The van der Waals surface area contributed by atoms with Crippen LogP contribution in [0.4, 0.5) is 4.39 Å². The summed E-state index contributed by atoms with van der Waals surface area (Å²) in [5.41, 5.74) is 6.22. The summed E-state index contributed by atoms with van der Waals surface area (Å²) in [6, 6.07) is 4.00. The molecule has 2 atom stereocenters. The van der Waals surface area contributed by atoms with E-state index in [2.05, 4.69) is 17.2 Å². The van der Waals surface area contributed by atoms with Crippen LogP contribution in [0.3, 0.4) is 0 Å². The third-order valence-corrected chi connectivity index (χ3v) is 3.29. The maximum Gasteiger partial charge on any atom is 0.243 e. The fraction of sp³-hybridized carbons (Fsp3) is 0.353. The van der Waals surface area contributed by atoms with Crippen molar-refractivity contribution in [2.75, 3.05) is 0 Å². The molecule has 0 unspecified atom stereocenters. The van der Waals surface area contributed by atoms with Crippen LogP contribution in [0.1, 0.15) is 25.8 Å². The predicted molar refractivity (Wildman–Crippen MR) is 88.3 cm³/mol. The van der Waals surface area contributed by atoms with Gasteiger partial charge in [0.05, 0.1) is 0 Å². The summed E-state index contributed by atoms with van der Waals surface area (Å²) in [6.07, 6.45) is 0.143. The first-order valence-electron chi connectivity index (χ1n) is 7.45. The topological polar surface area (TPSA) is 101 Å². The van der Waals surface area contributed by atoms with E-state index in [1.165, 1.54) is 25.1 Å². The quantitative estimate of drug-likeness (QED) is 0.613. The van der Waals surface area contributed by atoms with Crippen LogP contribution in [-0.2, 0) is 20.8 Å². The molecule has 24 heavy (non-hydrogen) atoms. The van der Waals surface area contributed by atoms with E-state index in [1.54, 1.807) is 13.0 Å². The number of carbonyl (C=O) groups is 3. The van der Waals surface area contributed by atoms with Crippen molar-refractivity contribution in [2.45, 2.75) is 38.8 Å². The Morgan fingerprint density at radius 3 is 2.29 bits per heavy atom. The van der Waals surface area contributed by atoms with Gasteiger partial charge in [-0.2, -0.15) is 0 Å². The minimum Gasteiger partial charge on any atom is -0.368 e. The Morgan fingerprint density at radius 1 is 1.17 bits per heavy atom. The van der Waals surface area contributed by atoms with Crippen molar-refractivity contribution in [1.29, 1.82) is 0 Å². The van der Waals surface area contributed by atoms with Gasteiger partial charge in [0.25, 0.3) is 0 Å². The molecule has 0 fully saturated rings. The number of nitrogens with one attached hydrogen (secondary N) is 2. The highest BCUT2D eigenvalue weighted by Crippen LogP contribution is 2.10. The van der Waals surface area contributed by atoms with Crippen molar-refractivity contribution in [2.24, 2.45) is 5.73 Å². The van der Waals surface area contributed by atoms with Crippen LogP contribution >= 0.6 is 0 Å². The highest BCUT2D eigenvalue weighted by atomic mass is 19.1. The number of hydrogen-bond acceptors (Lipinski definition) is 3. The fourth-order valence-corrected chi connectivity index (χ4v) is 2.18. The van der Waals surface area contributed by atoms with E-state index in [1.807, 2.05) is 0 Å². The first-order chi connectivity index (χ1) is 11.2. The van der Waals surface area contributed by atoms with Crippen LogP contribution in [0.15, 0.2) is 36.4 Å². The summed E-state index contributed by atoms with van der Waals surface area (Å²) in [4.78, 5) is 35.2. The highest BCUT2D eigenvalue weighted by Gasteiger charge is 2.25. The van der Waals surface area contributed by atoms with Crippen molar-refractivity contribution in [1.82, 2.24) is 10.6 Å². The molecule has 3 amide bonds. The molecule has 130 valence electrons. The zero-order valence-electron chi connectivity index (χ0n) is 13.8. The lowest BCUT2D eigenvalue weighted by Crippen LogP contribution is -2.53. The molecule has 0 aliphatic carbocycles. The summed E-state index contributed by atoms with van der Waals surface area (Å²) < 4.78 is 13.8. The van der Waals surface area contributed by atoms with Crippen molar-refractivity contribution in [3.05, 3.63) is 47.8 Å². The van der Waals surface area contributed by atoms with Gasteiger partial charge in [0, 0.05) is 13.3 Å². The average Bonchev–Trinajstić information content (AvgIpc) is 2.47. The van der Waals surface area contributed by atoms with E-state index in [-0.39, 0.29) is 18.4 Å². The number of nitrogens with two attached hydrogens (primary N) is 1. The van der Waals surface area contributed by atoms with Gasteiger partial charge in [-0.25, -0.2) is 4.39 Å². The lowest BCUT2D eigenvalue weighted by atomic mass is 10.0. The zero-order valence-corrected chi connectivity index (χ0v) is 13.8. The van der Waals surface area contributed by atoms with Gasteiger partial charge in [-0.15, -0.1) is 6.58 Å². The molecule has 0 saturated carbocycles. The Kier molecular flexibility index (Phi) is 7.10. The van der Waals surface area contributed by atoms with E-state index >= 15 is 0 Å². The number of hydrogen-bond donors (Lipinski definition) is 3.